The van der Waals surface area contributed by atoms with Gasteiger partial charge in [-0.3, -0.25) is 9.48 Å². The lowest BCUT2D eigenvalue weighted by molar-refractivity contribution is -0.137. The molecule has 0 bridgehead atoms. The van der Waals surface area contributed by atoms with Gasteiger partial charge in [0.25, 0.3) is 0 Å². The number of sulfonamides is 1. The van der Waals surface area contributed by atoms with E-state index in [1.165, 1.54) is 16.7 Å². The van der Waals surface area contributed by atoms with Crippen molar-refractivity contribution in [1.82, 2.24) is 14.1 Å². The molecule has 0 aromatic carbocycles. The monoisotopic (exact) mass is 303 g/mol. The zero-order valence-corrected chi connectivity index (χ0v) is 11.9. The number of aromatic nitrogens is 2. The van der Waals surface area contributed by atoms with Crippen LogP contribution in [0.1, 0.15) is 13.3 Å². The lowest BCUT2D eigenvalue weighted by Gasteiger charge is -2.31. The predicted octanol–water partition coefficient (Wildman–Crippen LogP) is -0.233. The maximum Gasteiger partial charge on any atom is 0.325 e. The molecule has 1 N–H and O–H groups in total. The van der Waals surface area contributed by atoms with E-state index in [1.54, 1.807) is 0 Å². The van der Waals surface area contributed by atoms with Crippen LogP contribution in [-0.2, 0) is 26.1 Å². The minimum Gasteiger partial charge on any atom is -0.480 e. The maximum atomic E-state index is 12.4. The molecule has 2 heterocycles. The molecule has 1 saturated heterocycles. The maximum absolute atomic E-state index is 12.4. The van der Waals surface area contributed by atoms with Gasteiger partial charge in [0.05, 0.1) is 18.9 Å². The summed E-state index contributed by atoms with van der Waals surface area (Å²) >= 11 is 0. The van der Waals surface area contributed by atoms with Gasteiger partial charge in [0.15, 0.2) is 0 Å². The smallest absolute Gasteiger partial charge is 0.325 e. The van der Waals surface area contributed by atoms with E-state index in [2.05, 4.69) is 5.10 Å². The van der Waals surface area contributed by atoms with Crippen LogP contribution in [0.4, 0.5) is 0 Å². The fourth-order valence-corrected chi connectivity index (χ4v) is 3.42. The Balaban J connectivity index is 2.17. The zero-order chi connectivity index (χ0) is 14.8. The Labute approximate surface area is 117 Å². The number of carboxylic acid groups (broad SMARTS) is 1. The van der Waals surface area contributed by atoms with Gasteiger partial charge in [-0.25, -0.2) is 8.42 Å². The van der Waals surface area contributed by atoms with E-state index in [0.717, 1.165) is 11.1 Å². The Morgan fingerprint density at radius 1 is 1.60 bits per heavy atom. The topological polar surface area (TPSA) is 102 Å². The summed E-state index contributed by atoms with van der Waals surface area (Å²) in [5.41, 5.74) is 0. The normalized spacial score (nSPS) is 20.9. The molecule has 1 atom stereocenters. The van der Waals surface area contributed by atoms with Crippen LogP contribution in [0, 0.1) is 0 Å². The van der Waals surface area contributed by atoms with Crippen LogP contribution >= 0.6 is 0 Å². The molecular formula is C11H17N3O5S. The van der Waals surface area contributed by atoms with Gasteiger partial charge in [-0.1, -0.05) is 6.92 Å². The van der Waals surface area contributed by atoms with E-state index in [1.807, 2.05) is 6.92 Å². The quantitative estimate of drug-likeness (QED) is 0.806. The van der Waals surface area contributed by atoms with Gasteiger partial charge in [-0.2, -0.15) is 9.40 Å². The lowest BCUT2D eigenvalue weighted by atomic mass is 10.2. The summed E-state index contributed by atoms with van der Waals surface area (Å²) in [6, 6.07) is 0. The zero-order valence-electron chi connectivity index (χ0n) is 11.1. The second-order valence-electron chi connectivity index (χ2n) is 4.53. The SMILES string of the molecule is CCC1CN(S(=O)(=O)c2cnn(CC(=O)O)c2)CCO1. The molecule has 20 heavy (non-hydrogen) atoms. The van der Waals surface area contributed by atoms with Crippen LogP contribution in [-0.4, -0.2) is 59.4 Å². The van der Waals surface area contributed by atoms with Gasteiger partial charge in [-0.05, 0) is 6.42 Å². The van der Waals surface area contributed by atoms with Crippen molar-refractivity contribution in [2.75, 3.05) is 19.7 Å². The molecule has 1 unspecified atom stereocenters. The molecule has 2 rings (SSSR count). The molecule has 0 amide bonds. The number of nitrogens with zero attached hydrogens (tertiary/aromatic N) is 3. The van der Waals surface area contributed by atoms with E-state index in [4.69, 9.17) is 9.84 Å². The minimum absolute atomic E-state index is 0.00973. The molecule has 0 aliphatic carbocycles. The Morgan fingerprint density at radius 2 is 2.35 bits per heavy atom. The van der Waals surface area contributed by atoms with Crippen molar-refractivity contribution in [3.8, 4) is 0 Å². The highest BCUT2D eigenvalue weighted by Gasteiger charge is 2.31. The number of aliphatic carboxylic acids is 1. The third-order valence-corrected chi connectivity index (χ3v) is 4.92. The lowest BCUT2D eigenvalue weighted by Crippen LogP contribution is -2.45. The summed E-state index contributed by atoms with van der Waals surface area (Å²) in [6.07, 6.45) is 3.05. The summed E-state index contributed by atoms with van der Waals surface area (Å²) in [7, 11) is -3.64. The number of carbonyl (C=O) groups is 1. The number of carboxylic acids is 1. The van der Waals surface area contributed by atoms with Crippen LogP contribution < -0.4 is 0 Å². The van der Waals surface area contributed by atoms with Crippen molar-refractivity contribution in [1.29, 1.82) is 0 Å². The van der Waals surface area contributed by atoms with Gasteiger partial charge in [0.2, 0.25) is 10.0 Å². The number of hydrogen-bond donors (Lipinski definition) is 1. The van der Waals surface area contributed by atoms with Gasteiger partial charge in [0, 0.05) is 19.3 Å². The fraction of sp³-hybridized carbons (Fsp3) is 0.636. The number of hydrogen-bond acceptors (Lipinski definition) is 5. The summed E-state index contributed by atoms with van der Waals surface area (Å²) in [4.78, 5) is 10.6. The molecule has 0 saturated carbocycles. The highest BCUT2D eigenvalue weighted by atomic mass is 32.2. The van der Waals surface area contributed by atoms with E-state index in [-0.39, 0.29) is 17.5 Å². The number of morpholine rings is 1. The summed E-state index contributed by atoms with van der Waals surface area (Å²) < 4.78 is 32.7. The van der Waals surface area contributed by atoms with Gasteiger partial charge in [-0.15, -0.1) is 0 Å². The molecular weight excluding hydrogens is 286 g/mol. The Morgan fingerprint density at radius 3 is 3.00 bits per heavy atom. The fourth-order valence-electron chi connectivity index (χ4n) is 2.01. The van der Waals surface area contributed by atoms with Crippen molar-refractivity contribution >= 4 is 16.0 Å². The van der Waals surface area contributed by atoms with E-state index in [0.29, 0.717) is 19.7 Å². The van der Waals surface area contributed by atoms with Crippen molar-refractivity contribution in [3.05, 3.63) is 12.4 Å². The van der Waals surface area contributed by atoms with Crippen LogP contribution in [0.5, 0.6) is 0 Å². The molecule has 112 valence electrons. The first kappa shape index (κ1) is 14.9. The Kier molecular flexibility index (Phi) is 4.41. The molecule has 1 aromatic heterocycles. The number of ether oxygens (including phenoxy) is 1. The largest absolute Gasteiger partial charge is 0.480 e. The van der Waals surface area contributed by atoms with E-state index in [9.17, 15) is 13.2 Å². The van der Waals surface area contributed by atoms with E-state index >= 15 is 0 Å². The highest BCUT2D eigenvalue weighted by molar-refractivity contribution is 7.89. The highest BCUT2D eigenvalue weighted by Crippen LogP contribution is 2.19. The average molecular weight is 303 g/mol. The summed E-state index contributed by atoms with van der Waals surface area (Å²) in [5.74, 6) is -1.07. The van der Waals surface area contributed by atoms with Crippen molar-refractivity contribution in [2.24, 2.45) is 0 Å². The van der Waals surface area contributed by atoms with Crippen LogP contribution in [0.2, 0.25) is 0 Å². The van der Waals surface area contributed by atoms with Crippen molar-refractivity contribution in [3.63, 3.8) is 0 Å². The van der Waals surface area contributed by atoms with Gasteiger partial charge < -0.3 is 9.84 Å². The predicted molar refractivity (Wildman–Crippen MR) is 68.7 cm³/mol. The molecule has 1 fully saturated rings. The molecule has 8 nitrogen and oxygen atoms in total. The molecule has 1 aliphatic rings. The third kappa shape index (κ3) is 3.17. The van der Waals surface area contributed by atoms with Gasteiger partial charge in [0.1, 0.15) is 11.4 Å². The first-order chi connectivity index (χ1) is 9.43. The molecule has 0 radical (unpaired) electrons. The van der Waals surface area contributed by atoms with Crippen LogP contribution in [0.25, 0.3) is 0 Å². The van der Waals surface area contributed by atoms with Crippen molar-refractivity contribution in [2.45, 2.75) is 30.9 Å². The second kappa shape index (κ2) is 5.90. The van der Waals surface area contributed by atoms with Crippen LogP contribution in [0.3, 0.4) is 0 Å². The number of rotatable bonds is 5. The minimum atomic E-state index is -3.64. The second-order valence-corrected chi connectivity index (χ2v) is 6.47. The summed E-state index contributed by atoms with van der Waals surface area (Å²) in [5, 5.41) is 12.4. The average Bonchev–Trinajstić information content (AvgIpc) is 2.87. The first-order valence-corrected chi connectivity index (χ1v) is 7.73. The van der Waals surface area contributed by atoms with Crippen molar-refractivity contribution < 1.29 is 23.1 Å². The standard InChI is InChI=1S/C11H17N3O5S/c1-2-9-6-14(3-4-19-9)20(17,18)10-5-12-13(7-10)8-11(15)16/h5,7,9H,2-4,6,8H2,1H3,(H,15,16). The van der Waals surface area contributed by atoms with Crippen LogP contribution in [0.15, 0.2) is 17.3 Å². The molecule has 0 spiro atoms. The molecule has 1 aromatic rings. The molecule has 1 aliphatic heterocycles. The molecule has 9 heteroatoms. The van der Waals surface area contributed by atoms with E-state index < -0.39 is 16.0 Å². The van der Waals surface area contributed by atoms with Gasteiger partial charge >= 0.3 is 5.97 Å². The third-order valence-electron chi connectivity index (χ3n) is 3.10. The first-order valence-electron chi connectivity index (χ1n) is 6.29. The summed E-state index contributed by atoms with van der Waals surface area (Å²) in [6.45, 7) is 2.54. The Hall–Kier alpha value is -1.45. The Bertz CT molecular complexity index is 583.